The van der Waals surface area contributed by atoms with Gasteiger partial charge in [0.1, 0.15) is 12.4 Å². The maximum Gasteiger partial charge on any atom is 0.287 e. The third-order valence-corrected chi connectivity index (χ3v) is 2.17. The lowest BCUT2D eigenvalue weighted by atomic mass is 10.3. The molecule has 0 aromatic heterocycles. The van der Waals surface area contributed by atoms with Crippen LogP contribution in [0.3, 0.4) is 0 Å². The first kappa shape index (κ1) is 10.9. The molecule has 0 heterocycles. The first-order chi connectivity index (χ1) is 6.65. The van der Waals surface area contributed by atoms with Gasteiger partial charge in [-0.25, -0.2) is 0 Å². The van der Waals surface area contributed by atoms with Gasteiger partial charge in [0.05, 0.1) is 15.5 Å². The number of hydrogen-bond donors (Lipinski definition) is 1. The summed E-state index contributed by atoms with van der Waals surface area (Å²) in [5.41, 5.74) is 5.22. The number of nitrogens with zero attached hydrogens (tertiary/aromatic N) is 1. The average molecular weight is 261 g/mol. The molecule has 76 valence electrons. The van der Waals surface area contributed by atoms with Crippen LogP contribution in [0.25, 0.3) is 0 Å². The van der Waals surface area contributed by atoms with Crippen LogP contribution < -0.4 is 10.5 Å². The molecule has 14 heavy (non-hydrogen) atoms. The van der Waals surface area contributed by atoms with Crippen LogP contribution in [0.15, 0.2) is 22.7 Å². The van der Waals surface area contributed by atoms with Gasteiger partial charge in [-0.15, -0.1) is 0 Å². The Morgan fingerprint density at radius 1 is 1.57 bits per heavy atom. The Hall–Kier alpha value is -1.14. The van der Waals surface area contributed by atoms with Crippen molar-refractivity contribution in [1.29, 1.82) is 0 Å². The number of nitro benzene ring substituents is 1. The third kappa shape index (κ3) is 2.68. The summed E-state index contributed by atoms with van der Waals surface area (Å²) in [4.78, 5) is 10.1. The Labute approximate surface area is 89.1 Å². The summed E-state index contributed by atoms with van der Waals surface area (Å²) in [6.45, 7) is 0.725. The second-order valence-corrected chi connectivity index (χ2v) is 3.36. The molecule has 2 N–H and O–H groups in total. The number of nitro groups is 1. The van der Waals surface area contributed by atoms with E-state index >= 15 is 0 Å². The van der Waals surface area contributed by atoms with E-state index in [-0.39, 0.29) is 5.69 Å². The number of rotatable bonds is 4. The molecule has 0 atom stereocenters. The van der Waals surface area contributed by atoms with Crippen LogP contribution in [-0.2, 0) is 0 Å². The van der Waals surface area contributed by atoms with Crippen LogP contribution >= 0.6 is 15.9 Å². The van der Waals surface area contributed by atoms with Crippen LogP contribution in [0.4, 0.5) is 5.69 Å². The minimum Gasteiger partial charge on any atom is -0.492 e. The lowest BCUT2D eigenvalue weighted by Crippen LogP contribution is -2.10. The largest absolute Gasteiger partial charge is 0.492 e. The van der Waals surface area contributed by atoms with Gasteiger partial charge in [-0.3, -0.25) is 10.1 Å². The van der Waals surface area contributed by atoms with Crippen molar-refractivity contribution in [2.45, 2.75) is 0 Å². The minimum absolute atomic E-state index is 0.0143. The molecule has 6 heteroatoms. The van der Waals surface area contributed by atoms with E-state index in [1.807, 2.05) is 0 Å². The van der Waals surface area contributed by atoms with Crippen molar-refractivity contribution < 1.29 is 9.66 Å². The second kappa shape index (κ2) is 4.92. The first-order valence-corrected chi connectivity index (χ1v) is 4.71. The Kier molecular flexibility index (Phi) is 3.84. The van der Waals surface area contributed by atoms with E-state index in [1.54, 1.807) is 12.1 Å². The predicted molar refractivity (Wildman–Crippen MR) is 55.3 cm³/mol. The first-order valence-electron chi connectivity index (χ1n) is 3.92. The van der Waals surface area contributed by atoms with Gasteiger partial charge >= 0.3 is 0 Å². The number of benzene rings is 1. The highest BCUT2D eigenvalue weighted by Gasteiger charge is 2.12. The van der Waals surface area contributed by atoms with Crippen molar-refractivity contribution in [3.8, 4) is 5.75 Å². The van der Waals surface area contributed by atoms with E-state index in [0.29, 0.717) is 23.4 Å². The van der Waals surface area contributed by atoms with Gasteiger partial charge in [0.2, 0.25) is 0 Å². The van der Waals surface area contributed by atoms with Crippen molar-refractivity contribution in [2.75, 3.05) is 13.2 Å². The molecule has 1 aromatic carbocycles. The van der Waals surface area contributed by atoms with Crippen molar-refractivity contribution in [1.82, 2.24) is 0 Å². The summed E-state index contributed by atoms with van der Waals surface area (Å²) in [5, 5.41) is 10.5. The van der Waals surface area contributed by atoms with E-state index in [2.05, 4.69) is 15.9 Å². The molecular weight excluding hydrogens is 252 g/mol. The summed E-state index contributed by atoms with van der Waals surface area (Å²) >= 11 is 3.08. The molecule has 0 aliphatic carbocycles. The van der Waals surface area contributed by atoms with Crippen LogP contribution in [-0.4, -0.2) is 18.1 Å². The molecule has 0 aliphatic rings. The molecule has 0 aliphatic heterocycles. The average Bonchev–Trinajstić information content (AvgIpc) is 2.16. The van der Waals surface area contributed by atoms with Crippen LogP contribution in [0.5, 0.6) is 5.75 Å². The molecule has 0 saturated heterocycles. The molecule has 0 bridgehead atoms. The maximum atomic E-state index is 10.5. The van der Waals surface area contributed by atoms with E-state index in [4.69, 9.17) is 10.5 Å². The molecule has 0 unspecified atom stereocenters. The summed E-state index contributed by atoms with van der Waals surface area (Å²) in [7, 11) is 0. The third-order valence-electron chi connectivity index (χ3n) is 1.50. The Morgan fingerprint density at radius 2 is 2.29 bits per heavy atom. The van der Waals surface area contributed by atoms with Crippen molar-refractivity contribution >= 4 is 21.6 Å². The van der Waals surface area contributed by atoms with Gasteiger partial charge in [0, 0.05) is 6.54 Å². The zero-order valence-electron chi connectivity index (χ0n) is 7.27. The van der Waals surface area contributed by atoms with Crippen molar-refractivity contribution in [2.24, 2.45) is 5.73 Å². The number of ether oxygens (including phenoxy) is 1. The number of hydrogen-bond acceptors (Lipinski definition) is 4. The molecule has 0 fully saturated rings. The zero-order chi connectivity index (χ0) is 10.6. The fourth-order valence-electron chi connectivity index (χ4n) is 0.899. The quantitative estimate of drug-likeness (QED) is 0.660. The summed E-state index contributed by atoms with van der Waals surface area (Å²) in [6, 6.07) is 4.58. The van der Waals surface area contributed by atoms with E-state index in [1.165, 1.54) is 6.07 Å². The standard InChI is InChI=1S/C8H9BrN2O3/c9-7-2-1-6(14-4-3-10)5-8(7)11(12)13/h1-2,5H,3-4,10H2. The summed E-state index contributed by atoms with van der Waals surface area (Å²) in [5.74, 6) is 0.449. The Morgan fingerprint density at radius 3 is 2.86 bits per heavy atom. The highest BCUT2D eigenvalue weighted by Crippen LogP contribution is 2.28. The van der Waals surface area contributed by atoms with Crippen LogP contribution in [0.1, 0.15) is 0 Å². The van der Waals surface area contributed by atoms with Gasteiger partial charge in [0.25, 0.3) is 5.69 Å². The SMILES string of the molecule is NCCOc1ccc(Br)c([N+](=O)[O-])c1. The maximum absolute atomic E-state index is 10.5. The van der Waals surface area contributed by atoms with Gasteiger partial charge in [0.15, 0.2) is 0 Å². The molecule has 0 saturated carbocycles. The molecule has 1 aromatic rings. The van der Waals surface area contributed by atoms with E-state index < -0.39 is 4.92 Å². The smallest absolute Gasteiger partial charge is 0.287 e. The van der Waals surface area contributed by atoms with Crippen LogP contribution in [0.2, 0.25) is 0 Å². The monoisotopic (exact) mass is 260 g/mol. The molecule has 0 spiro atoms. The van der Waals surface area contributed by atoms with Gasteiger partial charge in [-0.1, -0.05) is 0 Å². The molecular formula is C8H9BrN2O3. The molecule has 0 amide bonds. The highest BCUT2D eigenvalue weighted by molar-refractivity contribution is 9.10. The van der Waals surface area contributed by atoms with E-state index in [0.717, 1.165) is 0 Å². The van der Waals surface area contributed by atoms with Crippen molar-refractivity contribution in [3.05, 3.63) is 32.8 Å². The van der Waals surface area contributed by atoms with E-state index in [9.17, 15) is 10.1 Å². The highest BCUT2D eigenvalue weighted by atomic mass is 79.9. The lowest BCUT2D eigenvalue weighted by Gasteiger charge is -2.04. The fourth-order valence-corrected chi connectivity index (χ4v) is 1.29. The Bertz CT molecular complexity index is 343. The van der Waals surface area contributed by atoms with Gasteiger partial charge in [-0.2, -0.15) is 0 Å². The predicted octanol–water partition coefficient (Wildman–Crippen LogP) is 1.69. The molecule has 0 radical (unpaired) electrons. The van der Waals surface area contributed by atoms with Gasteiger partial charge in [-0.05, 0) is 28.1 Å². The summed E-state index contributed by atoms with van der Waals surface area (Å²) < 4.78 is 5.58. The number of nitrogens with two attached hydrogens (primary N) is 1. The lowest BCUT2D eigenvalue weighted by molar-refractivity contribution is -0.385. The Balaban J connectivity index is 2.89. The van der Waals surface area contributed by atoms with Gasteiger partial charge < -0.3 is 10.5 Å². The normalized spacial score (nSPS) is 9.86. The molecule has 5 nitrogen and oxygen atoms in total. The fraction of sp³-hybridized carbons (Fsp3) is 0.250. The number of halogens is 1. The zero-order valence-corrected chi connectivity index (χ0v) is 8.86. The second-order valence-electron chi connectivity index (χ2n) is 2.51. The topological polar surface area (TPSA) is 78.4 Å². The minimum atomic E-state index is -0.473. The molecule has 1 rings (SSSR count). The van der Waals surface area contributed by atoms with Crippen LogP contribution in [0, 0.1) is 10.1 Å². The van der Waals surface area contributed by atoms with Crippen molar-refractivity contribution in [3.63, 3.8) is 0 Å². The summed E-state index contributed by atoms with van der Waals surface area (Å²) in [6.07, 6.45) is 0.